The fraction of sp³-hybridized carbons (Fsp3) is 0.310. The molecule has 6 heteroatoms. The van der Waals surface area contributed by atoms with Crippen molar-refractivity contribution in [3.63, 3.8) is 0 Å². The van der Waals surface area contributed by atoms with Crippen molar-refractivity contribution < 1.29 is 13.9 Å². The van der Waals surface area contributed by atoms with Gasteiger partial charge in [-0.25, -0.2) is 4.39 Å². The average molecular weight is 472 g/mol. The van der Waals surface area contributed by atoms with E-state index in [0.717, 1.165) is 24.0 Å². The van der Waals surface area contributed by atoms with Gasteiger partial charge >= 0.3 is 0 Å². The van der Waals surface area contributed by atoms with Gasteiger partial charge in [-0.05, 0) is 53.8 Å². The zero-order valence-electron chi connectivity index (χ0n) is 19.8. The van der Waals surface area contributed by atoms with Crippen molar-refractivity contribution >= 4 is 5.91 Å². The molecule has 1 saturated heterocycles. The SMILES string of the molecule is N#Cc1ccc(CN(CC(=O)NCC2(c3ccccc3)CCOCC2)Cc2cccc(F)c2)cc1. The largest absolute Gasteiger partial charge is 0.381 e. The second-order valence-corrected chi connectivity index (χ2v) is 9.12. The number of halogens is 1. The number of nitriles is 1. The molecule has 0 aliphatic carbocycles. The lowest BCUT2D eigenvalue weighted by Gasteiger charge is -2.38. The van der Waals surface area contributed by atoms with Crippen LogP contribution in [0.3, 0.4) is 0 Å². The Morgan fingerprint density at radius 1 is 0.971 bits per heavy atom. The van der Waals surface area contributed by atoms with Gasteiger partial charge in [0.1, 0.15) is 5.82 Å². The number of ether oxygens (including phenoxy) is 1. The van der Waals surface area contributed by atoms with Gasteiger partial charge in [0.15, 0.2) is 0 Å². The van der Waals surface area contributed by atoms with Crippen LogP contribution in [0.5, 0.6) is 0 Å². The van der Waals surface area contributed by atoms with Crippen molar-refractivity contribution in [1.29, 1.82) is 5.26 Å². The third kappa shape index (κ3) is 6.75. The Hall–Kier alpha value is -3.53. The van der Waals surface area contributed by atoms with Gasteiger partial charge in [0.2, 0.25) is 5.91 Å². The summed E-state index contributed by atoms with van der Waals surface area (Å²) in [6.07, 6.45) is 1.71. The second-order valence-electron chi connectivity index (χ2n) is 9.12. The van der Waals surface area contributed by atoms with Gasteiger partial charge in [-0.3, -0.25) is 9.69 Å². The molecule has 1 N–H and O–H groups in total. The highest BCUT2D eigenvalue weighted by molar-refractivity contribution is 5.78. The minimum Gasteiger partial charge on any atom is -0.381 e. The summed E-state index contributed by atoms with van der Waals surface area (Å²) in [5, 5.41) is 12.2. The summed E-state index contributed by atoms with van der Waals surface area (Å²) in [7, 11) is 0. The molecule has 35 heavy (non-hydrogen) atoms. The van der Waals surface area contributed by atoms with E-state index in [0.29, 0.717) is 38.4 Å². The van der Waals surface area contributed by atoms with Crippen LogP contribution in [0.25, 0.3) is 0 Å². The summed E-state index contributed by atoms with van der Waals surface area (Å²) in [4.78, 5) is 15.1. The predicted molar refractivity (Wildman–Crippen MR) is 133 cm³/mol. The third-order valence-corrected chi connectivity index (χ3v) is 6.61. The van der Waals surface area contributed by atoms with Crippen molar-refractivity contribution in [1.82, 2.24) is 10.2 Å². The molecular weight excluding hydrogens is 441 g/mol. The standard InChI is InChI=1S/C29H30FN3O2/c30-27-8-4-5-25(17-27)20-33(19-24-11-9-23(18-31)10-12-24)21-28(34)32-22-29(13-15-35-16-14-29)26-6-2-1-3-7-26/h1-12,17H,13-16,19-22H2,(H,32,34). The maximum Gasteiger partial charge on any atom is 0.234 e. The minimum absolute atomic E-state index is 0.0724. The molecule has 3 aromatic carbocycles. The third-order valence-electron chi connectivity index (χ3n) is 6.61. The molecule has 0 saturated carbocycles. The van der Waals surface area contributed by atoms with Gasteiger partial charge in [0.25, 0.3) is 0 Å². The molecule has 180 valence electrons. The van der Waals surface area contributed by atoms with Crippen LogP contribution in [0.4, 0.5) is 4.39 Å². The van der Waals surface area contributed by atoms with E-state index in [1.807, 2.05) is 41.3 Å². The summed E-state index contributed by atoms with van der Waals surface area (Å²) in [6, 6.07) is 26.2. The van der Waals surface area contributed by atoms with Crippen LogP contribution in [-0.4, -0.2) is 37.1 Å². The topological polar surface area (TPSA) is 65.4 Å². The van der Waals surface area contributed by atoms with E-state index in [4.69, 9.17) is 10.00 Å². The molecule has 1 aliphatic heterocycles. The van der Waals surface area contributed by atoms with Crippen LogP contribution >= 0.6 is 0 Å². The van der Waals surface area contributed by atoms with Crippen LogP contribution in [0.1, 0.15) is 35.1 Å². The molecular formula is C29H30FN3O2. The Kier molecular flexibility index (Phi) is 8.25. The van der Waals surface area contributed by atoms with Gasteiger partial charge < -0.3 is 10.1 Å². The van der Waals surface area contributed by atoms with Gasteiger partial charge in [-0.15, -0.1) is 0 Å². The highest BCUT2D eigenvalue weighted by atomic mass is 19.1. The Morgan fingerprint density at radius 2 is 1.69 bits per heavy atom. The predicted octanol–water partition coefficient (Wildman–Crippen LogP) is 4.56. The molecule has 0 spiro atoms. The fourth-order valence-electron chi connectivity index (χ4n) is 4.65. The summed E-state index contributed by atoms with van der Waals surface area (Å²) in [6.45, 7) is 3.02. The van der Waals surface area contributed by atoms with E-state index in [9.17, 15) is 9.18 Å². The molecule has 0 bridgehead atoms. The van der Waals surface area contributed by atoms with E-state index in [1.54, 1.807) is 18.2 Å². The van der Waals surface area contributed by atoms with Crippen molar-refractivity contribution in [2.45, 2.75) is 31.3 Å². The Bertz CT molecular complexity index is 1150. The van der Waals surface area contributed by atoms with E-state index < -0.39 is 0 Å². The maximum atomic E-state index is 13.8. The number of benzene rings is 3. The molecule has 0 radical (unpaired) electrons. The lowest BCUT2D eigenvalue weighted by atomic mass is 9.74. The number of carbonyl (C=O) groups is 1. The molecule has 3 aromatic rings. The monoisotopic (exact) mass is 471 g/mol. The molecule has 1 heterocycles. The van der Waals surface area contributed by atoms with Crippen molar-refractivity contribution in [2.24, 2.45) is 0 Å². The normalized spacial score (nSPS) is 14.9. The maximum absolute atomic E-state index is 13.8. The quantitative estimate of drug-likeness (QED) is 0.497. The van der Waals surface area contributed by atoms with Crippen molar-refractivity contribution in [3.05, 3.63) is 107 Å². The second kappa shape index (κ2) is 11.7. The van der Waals surface area contributed by atoms with Crippen molar-refractivity contribution in [3.8, 4) is 6.07 Å². The Morgan fingerprint density at radius 3 is 2.37 bits per heavy atom. The first-order valence-electron chi connectivity index (χ1n) is 11.9. The number of amides is 1. The number of rotatable bonds is 9. The molecule has 5 nitrogen and oxygen atoms in total. The highest BCUT2D eigenvalue weighted by Gasteiger charge is 2.34. The van der Waals surface area contributed by atoms with Gasteiger partial charge in [-0.1, -0.05) is 54.6 Å². The summed E-state index contributed by atoms with van der Waals surface area (Å²) >= 11 is 0. The number of nitrogens with one attached hydrogen (secondary N) is 1. The first kappa shape index (κ1) is 24.6. The lowest BCUT2D eigenvalue weighted by Crippen LogP contribution is -2.46. The first-order chi connectivity index (χ1) is 17.1. The Balaban J connectivity index is 1.45. The van der Waals surface area contributed by atoms with Gasteiger partial charge in [0.05, 0.1) is 18.2 Å². The molecule has 1 aliphatic rings. The van der Waals surface area contributed by atoms with Crippen LogP contribution in [0, 0.1) is 17.1 Å². The van der Waals surface area contributed by atoms with Crippen LogP contribution in [0.2, 0.25) is 0 Å². The molecule has 1 fully saturated rings. The van der Waals surface area contributed by atoms with Crippen LogP contribution in [0.15, 0.2) is 78.9 Å². The van der Waals surface area contributed by atoms with E-state index >= 15 is 0 Å². The minimum atomic E-state index is -0.297. The van der Waals surface area contributed by atoms with E-state index in [-0.39, 0.29) is 23.7 Å². The van der Waals surface area contributed by atoms with Crippen LogP contribution in [-0.2, 0) is 28.0 Å². The smallest absolute Gasteiger partial charge is 0.234 e. The molecule has 0 atom stereocenters. The number of hydrogen-bond acceptors (Lipinski definition) is 4. The molecule has 0 aromatic heterocycles. The summed E-state index contributed by atoms with van der Waals surface area (Å²) < 4.78 is 19.4. The number of hydrogen-bond donors (Lipinski definition) is 1. The zero-order chi connectivity index (χ0) is 24.5. The van der Waals surface area contributed by atoms with Crippen LogP contribution < -0.4 is 5.32 Å². The molecule has 1 amide bonds. The fourth-order valence-corrected chi connectivity index (χ4v) is 4.65. The lowest BCUT2D eigenvalue weighted by molar-refractivity contribution is -0.123. The van der Waals surface area contributed by atoms with Crippen molar-refractivity contribution in [2.75, 3.05) is 26.3 Å². The zero-order valence-corrected chi connectivity index (χ0v) is 19.8. The van der Waals surface area contributed by atoms with E-state index in [2.05, 4.69) is 23.5 Å². The number of nitrogens with zero attached hydrogens (tertiary/aromatic N) is 2. The summed E-state index contributed by atoms with van der Waals surface area (Å²) in [5.74, 6) is -0.369. The average Bonchev–Trinajstić information content (AvgIpc) is 2.89. The molecule has 0 unspecified atom stereocenters. The number of carbonyl (C=O) groups excluding carboxylic acids is 1. The van der Waals surface area contributed by atoms with Gasteiger partial charge in [0, 0.05) is 38.3 Å². The first-order valence-corrected chi connectivity index (χ1v) is 11.9. The Labute approximate surface area is 206 Å². The molecule has 4 rings (SSSR count). The summed E-state index contributed by atoms with van der Waals surface area (Å²) in [5.41, 5.74) is 3.45. The van der Waals surface area contributed by atoms with E-state index in [1.165, 1.54) is 17.7 Å². The highest BCUT2D eigenvalue weighted by Crippen LogP contribution is 2.34. The van der Waals surface area contributed by atoms with Gasteiger partial charge in [-0.2, -0.15) is 5.26 Å².